The molecule has 0 radical (unpaired) electrons. The Morgan fingerprint density at radius 1 is 1.09 bits per heavy atom. The molecular weight excluding hydrogens is 300 g/mol. The molecule has 0 aromatic heterocycles. The summed E-state index contributed by atoms with van der Waals surface area (Å²) in [5.41, 5.74) is 0.525. The fourth-order valence-corrected chi connectivity index (χ4v) is 2.46. The first-order chi connectivity index (χ1) is 10.4. The maximum Gasteiger partial charge on any atom is 0.460 e. The summed E-state index contributed by atoms with van der Waals surface area (Å²) in [6.07, 6.45) is -5.70. The van der Waals surface area contributed by atoms with E-state index in [-0.39, 0.29) is 44.8 Å². The van der Waals surface area contributed by atoms with Gasteiger partial charge in [0.2, 0.25) is 0 Å². The first-order valence-electron chi connectivity index (χ1n) is 7.16. The second-order valence-electron chi connectivity index (χ2n) is 5.25. The van der Waals surface area contributed by atoms with E-state index in [2.05, 4.69) is 0 Å². The molecule has 0 bridgehead atoms. The summed E-state index contributed by atoms with van der Waals surface area (Å²) in [6.45, 7) is -0.451. The van der Waals surface area contributed by atoms with Gasteiger partial charge in [0, 0.05) is 38.2 Å². The first kappa shape index (κ1) is 16.9. The topological polar surface area (TPSA) is 23.6 Å². The highest BCUT2D eigenvalue weighted by molar-refractivity contribution is 5.95. The molecule has 1 aliphatic rings. The molecule has 1 fully saturated rings. The van der Waals surface area contributed by atoms with E-state index in [1.54, 1.807) is 30.3 Å². The van der Waals surface area contributed by atoms with Crippen LogP contribution in [0.4, 0.5) is 17.6 Å². The van der Waals surface area contributed by atoms with Crippen LogP contribution < -0.4 is 0 Å². The number of carbonyl (C=O) groups excluding carboxylic acids is 1. The van der Waals surface area contributed by atoms with Gasteiger partial charge in [0.05, 0.1) is 0 Å². The summed E-state index contributed by atoms with van der Waals surface area (Å²) in [7, 11) is 0. The van der Waals surface area contributed by atoms with E-state index in [4.69, 9.17) is 0 Å². The lowest BCUT2D eigenvalue weighted by atomic mass is 10.1. The highest BCUT2D eigenvalue weighted by Crippen LogP contribution is 2.24. The van der Waals surface area contributed by atoms with Gasteiger partial charge in [-0.25, -0.2) is 9.29 Å². The highest BCUT2D eigenvalue weighted by atomic mass is 19.4. The van der Waals surface area contributed by atoms with Crippen LogP contribution in [0.5, 0.6) is 0 Å². The quantitative estimate of drug-likeness (QED) is 0.473. The predicted octanol–water partition coefficient (Wildman–Crippen LogP) is 3.08. The van der Waals surface area contributed by atoms with E-state index in [0.29, 0.717) is 10.5 Å². The maximum atomic E-state index is 14.1. The third-order valence-electron chi connectivity index (χ3n) is 3.77. The average Bonchev–Trinajstić information content (AvgIpc) is 2.52. The summed E-state index contributed by atoms with van der Waals surface area (Å²) >= 11 is 0. The molecule has 0 saturated carbocycles. The van der Waals surface area contributed by atoms with Crippen LogP contribution in [0.25, 0.3) is 0 Å². The number of ketones is 1. The van der Waals surface area contributed by atoms with E-state index >= 15 is 0 Å². The van der Waals surface area contributed by atoms with E-state index < -0.39 is 12.6 Å². The van der Waals surface area contributed by atoms with Gasteiger partial charge in [-0.15, -0.1) is 0 Å². The Balaban J connectivity index is 1.77. The first-order valence-corrected chi connectivity index (χ1v) is 7.16. The Morgan fingerprint density at radius 2 is 1.68 bits per heavy atom. The van der Waals surface area contributed by atoms with Crippen molar-refractivity contribution in [3.05, 3.63) is 35.9 Å². The summed E-state index contributed by atoms with van der Waals surface area (Å²) in [5.74, 6) is -0.155. The lowest BCUT2D eigenvalue weighted by Crippen LogP contribution is -2.53. The van der Waals surface area contributed by atoms with Gasteiger partial charge in [-0.05, 0) is 6.42 Å². The SMILES string of the molecule is O=C(CCC(F)N1CCN(C(F)(F)F)CC1)c1ccccc1. The van der Waals surface area contributed by atoms with E-state index in [1.807, 2.05) is 0 Å². The summed E-state index contributed by atoms with van der Waals surface area (Å²) in [6, 6.07) is 8.58. The Kier molecular flexibility index (Phi) is 5.52. The van der Waals surface area contributed by atoms with Crippen LogP contribution in [0.1, 0.15) is 23.2 Å². The predicted molar refractivity (Wildman–Crippen MR) is 74.1 cm³/mol. The number of halogens is 4. The van der Waals surface area contributed by atoms with E-state index in [9.17, 15) is 22.4 Å². The zero-order valence-corrected chi connectivity index (χ0v) is 12.0. The Morgan fingerprint density at radius 3 is 2.23 bits per heavy atom. The standard InChI is InChI=1S/C15H18F4N2O/c16-14(7-6-13(22)12-4-2-1-3-5-12)20-8-10-21(11-9-20)15(17,18)19/h1-5,14H,6-11H2. The molecule has 7 heteroatoms. The minimum Gasteiger partial charge on any atom is -0.294 e. The number of nitrogens with zero attached hydrogens (tertiary/aromatic N) is 2. The molecule has 1 saturated heterocycles. The van der Waals surface area contributed by atoms with Gasteiger partial charge in [0.1, 0.15) is 0 Å². The van der Waals surface area contributed by atoms with Crippen molar-refractivity contribution >= 4 is 5.78 Å². The van der Waals surface area contributed by atoms with Crippen LogP contribution in [0.15, 0.2) is 30.3 Å². The third-order valence-corrected chi connectivity index (χ3v) is 3.77. The molecular formula is C15H18F4N2O. The molecule has 1 atom stereocenters. The summed E-state index contributed by atoms with van der Waals surface area (Å²) in [5, 5.41) is 0. The molecule has 1 aliphatic heterocycles. The molecule has 0 spiro atoms. The van der Waals surface area contributed by atoms with Crippen molar-refractivity contribution in [1.82, 2.24) is 9.80 Å². The van der Waals surface area contributed by atoms with Crippen molar-refractivity contribution in [2.45, 2.75) is 25.4 Å². The molecule has 0 amide bonds. The van der Waals surface area contributed by atoms with Crippen molar-refractivity contribution in [2.24, 2.45) is 0 Å². The fraction of sp³-hybridized carbons (Fsp3) is 0.533. The monoisotopic (exact) mass is 318 g/mol. The smallest absolute Gasteiger partial charge is 0.294 e. The third kappa shape index (κ3) is 4.51. The maximum absolute atomic E-state index is 14.1. The van der Waals surface area contributed by atoms with Gasteiger partial charge in [-0.1, -0.05) is 30.3 Å². The molecule has 2 rings (SSSR count). The van der Waals surface area contributed by atoms with Gasteiger partial charge in [0.15, 0.2) is 12.1 Å². The summed E-state index contributed by atoms with van der Waals surface area (Å²) < 4.78 is 51.5. The number of alkyl halides is 4. The molecule has 1 heterocycles. The second-order valence-corrected chi connectivity index (χ2v) is 5.25. The summed E-state index contributed by atoms with van der Waals surface area (Å²) in [4.78, 5) is 13.6. The van der Waals surface area contributed by atoms with Gasteiger partial charge in [-0.2, -0.15) is 13.2 Å². The molecule has 0 N–H and O–H groups in total. The second kappa shape index (κ2) is 7.19. The van der Waals surface area contributed by atoms with Gasteiger partial charge >= 0.3 is 6.30 Å². The van der Waals surface area contributed by atoms with Crippen LogP contribution in [0.3, 0.4) is 0 Å². The zero-order chi connectivity index (χ0) is 16.2. The lowest BCUT2D eigenvalue weighted by molar-refractivity contribution is -0.254. The van der Waals surface area contributed by atoms with Crippen molar-refractivity contribution in [1.29, 1.82) is 0 Å². The van der Waals surface area contributed by atoms with Crippen molar-refractivity contribution < 1.29 is 22.4 Å². The van der Waals surface area contributed by atoms with Gasteiger partial charge in [-0.3, -0.25) is 9.69 Å². The molecule has 1 unspecified atom stereocenters. The number of benzene rings is 1. The van der Waals surface area contributed by atoms with Crippen LogP contribution in [0, 0.1) is 0 Å². The minimum atomic E-state index is -4.36. The van der Waals surface area contributed by atoms with Gasteiger partial charge in [0.25, 0.3) is 0 Å². The average molecular weight is 318 g/mol. The number of piperazine rings is 1. The number of carbonyl (C=O) groups is 1. The Labute approximate surface area is 126 Å². The van der Waals surface area contributed by atoms with Crippen molar-refractivity contribution in [3.63, 3.8) is 0 Å². The van der Waals surface area contributed by atoms with E-state index in [1.165, 1.54) is 4.90 Å². The molecule has 122 valence electrons. The molecule has 0 aliphatic carbocycles. The zero-order valence-electron chi connectivity index (χ0n) is 12.0. The van der Waals surface area contributed by atoms with Crippen LogP contribution in [-0.4, -0.2) is 54.4 Å². The molecule has 1 aromatic rings. The molecule has 1 aromatic carbocycles. The number of hydrogen-bond donors (Lipinski definition) is 0. The Bertz CT molecular complexity index is 484. The normalized spacial score (nSPS) is 19.1. The highest BCUT2D eigenvalue weighted by Gasteiger charge is 2.39. The number of Topliss-reactive ketones (excluding diaryl/α,β-unsaturated/α-hetero) is 1. The lowest BCUT2D eigenvalue weighted by Gasteiger charge is -2.36. The van der Waals surface area contributed by atoms with Crippen LogP contribution in [-0.2, 0) is 0 Å². The van der Waals surface area contributed by atoms with Crippen molar-refractivity contribution in [2.75, 3.05) is 26.2 Å². The molecule has 22 heavy (non-hydrogen) atoms. The minimum absolute atomic E-state index is 0.000253. The molecule has 3 nitrogen and oxygen atoms in total. The van der Waals surface area contributed by atoms with Crippen molar-refractivity contribution in [3.8, 4) is 0 Å². The van der Waals surface area contributed by atoms with Gasteiger partial charge < -0.3 is 0 Å². The fourth-order valence-electron chi connectivity index (χ4n) is 2.46. The number of rotatable bonds is 5. The van der Waals surface area contributed by atoms with Crippen LogP contribution >= 0.6 is 0 Å². The largest absolute Gasteiger partial charge is 0.460 e. The van der Waals surface area contributed by atoms with E-state index in [0.717, 1.165) is 0 Å². The number of hydrogen-bond acceptors (Lipinski definition) is 3. The Hall–Kier alpha value is -1.47. The van der Waals surface area contributed by atoms with Crippen LogP contribution in [0.2, 0.25) is 0 Å².